The van der Waals surface area contributed by atoms with Crippen molar-refractivity contribution in [3.8, 4) is 11.5 Å². The van der Waals surface area contributed by atoms with E-state index < -0.39 is 30.5 Å². The first kappa shape index (κ1) is 30.7. The molecule has 1 saturated heterocycles. The third-order valence-corrected chi connectivity index (χ3v) is 6.44. The average Bonchev–Trinajstić information content (AvgIpc) is 3.35. The number of halogens is 3. The molecule has 12 heteroatoms. The van der Waals surface area contributed by atoms with Crippen LogP contribution >= 0.6 is 0 Å². The van der Waals surface area contributed by atoms with Gasteiger partial charge in [-0.15, -0.1) is 13.2 Å². The fraction of sp³-hybridized carbons (Fsp3) is 0.464. The Kier molecular flexibility index (Phi) is 10.4. The minimum absolute atomic E-state index is 0.0662. The van der Waals surface area contributed by atoms with Crippen molar-refractivity contribution < 1.29 is 42.1 Å². The number of alkyl halides is 3. The number of carboxylic acid groups (broad SMARTS) is 1. The van der Waals surface area contributed by atoms with Crippen molar-refractivity contribution in [2.45, 2.75) is 70.6 Å². The van der Waals surface area contributed by atoms with Gasteiger partial charge < -0.3 is 30.5 Å². The molecule has 2 aromatic rings. The van der Waals surface area contributed by atoms with Crippen LogP contribution in [0.2, 0.25) is 0 Å². The molecule has 3 rings (SSSR count). The van der Waals surface area contributed by atoms with Crippen molar-refractivity contribution in [2.24, 2.45) is 11.7 Å². The number of amides is 2. The molecule has 0 radical (unpaired) electrons. The molecule has 1 aliphatic heterocycles. The zero-order valence-electron chi connectivity index (χ0n) is 22.3. The summed E-state index contributed by atoms with van der Waals surface area (Å²) >= 11 is 0. The number of carboxylic acids is 1. The van der Waals surface area contributed by atoms with Gasteiger partial charge in [0, 0.05) is 31.5 Å². The molecule has 3 atom stereocenters. The molecule has 2 amide bonds. The summed E-state index contributed by atoms with van der Waals surface area (Å²) in [6.07, 6.45) is -4.53. The number of aliphatic carboxylic acids is 1. The fourth-order valence-corrected chi connectivity index (χ4v) is 4.53. The van der Waals surface area contributed by atoms with Crippen LogP contribution in [0.1, 0.15) is 44.2 Å². The molecule has 9 nitrogen and oxygen atoms in total. The Balaban J connectivity index is 1.50. The van der Waals surface area contributed by atoms with Crippen LogP contribution in [0.3, 0.4) is 0 Å². The van der Waals surface area contributed by atoms with Crippen molar-refractivity contribution in [3.63, 3.8) is 0 Å². The Morgan fingerprint density at radius 1 is 1.10 bits per heavy atom. The molecule has 0 spiro atoms. The van der Waals surface area contributed by atoms with E-state index in [2.05, 4.69) is 10.1 Å². The third-order valence-electron chi connectivity index (χ3n) is 6.44. The molecular formula is C28H34F3N3O6. The monoisotopic (exact) mass is 565 g/mol. The minimum Gasteiger partial charge on any atom is -0.478 e. The van der Waals surface area contributed by atoms with E-state index in [4.69, 9.17) is 10.5 Å². The van der Waals surface area contributed by atoms with Crippen molar-refractivity contribution in [3.05, 3.63) is 59.7 Å². The highest BCUT2D eigenvalue weighted by atomic mass is 19.4. The van der Waals surface area contributed by atoms with Crippen molar-refractivity contribution in [2.75, 3.05) is 6.54 Å². The number of benzene rings is 2. The largest absolute Gasteiger partial charge is 0.573 e. The van der Waals surface area contributed by atoms with Gasteiger partial charge in [0.2, 0.25) is 11.8 Å². The third kappa shape index (κ3) is 9.15. The van der Waals surface area contributed by atoms with Gasteiger partial charge in [-0.2, -0.15) is 0 Å². The van der Waals surface area contributed by atoms with Crippen LogP contribution in [0.5, 0.6) is 11.5 Å². The summed E-state index contributed by atoms with van der Waals surface area (Å²) < 4.78 is 46.9. The highest BCUT2D eigenvalue weighted by molar-refractivity contribution is 5.88. The molecule has 4 N–H and O–H groups in total. The average molecular weight is 566 g/mol. The van der Waals surface area contributed by atoms with E-state index in [1.807, 2.05) is 0 Å². The number of nitrogens with one attached hydrogen (secondary N) is 1. The van der Waals surface area contributed by atoms with Gasteiger partial charge in [-0.1, -0.05) is 38.1 Å². The Hall–Kier alpha value is -3.80. The number of carbonyl (C=O) groups is 3. The highest BCUT2D eigenvalue weighted by Gasteiger charge is 2.34. The summed E-state index contributed by atoms with van der Waals surface area (Å²) in [6, 6.07) is 10.9. The molecule has 1 fully saturated rings. The fourth-order valence-electron chi connectivity index (χ4n) is 4.53. The van der Waals surface area contributed by atoms with Gasteiger partial charge in [-0.05, 0) is 54.7 Å². The minimum atomic E-state index is -4.81. The van der Waals surface area contributed by atoms with Gasteiger partial charge in [0.1, 0.15) is 17.5 Å². The van der Waals surface area contributed by atoms with Gasteiger partial charge >= 0.3 is 12.3 Å². The summed E-state index contributed by atoms with van der Waals surface area (Å²) in [7, 11) is 0. The van der Waals surface area contributed by atoms with Crippen molar-refractivity contribution in [1.82, 2.24) is 10.2 Å². The van der Waals surface area contributed by atoms with E-state index in [1.165, 1.54) is 23.1 Å². The Morgan fingerprint density at radius 3 is 2.42 bits per heavy atom. The standard InChI is InChI=1S/C28H34F3N3O6/c1-17(2)25(27(37)38)39-21-10-8-18(9-11-21)16-33-26(36)23-7-4-12-34(23)24(35)15-20(32)13-19-5-3-6-22(14-19)40-28(29,30)31/h3,5-6,8-11,14,17,20,23,25H,4,7,12-13,15-16,32H2,1-2H3,(H,33,36)(H,37,38)/t20?,23-,25+/m0/s1. The summed E-state index contributed by atoms with van der Waals surface area (Å²) in [5.41, 5.74) is 7.40. The summed E-state index contributed by atoms with van der Waals surface area (Å²) in [5.74, 6) is -1.82. The molecule has 1 heterocycles. The van der Waals surface area contributed by atoms with Gasteiger partial charge in [-0.3, -0.25) is 9.59 Å². The first-order valence-electron chi connectivity index (χ1n) is 13.0. The zero-order chi connectivity index (χ0) is 29.4. The van der Waals surface area contributed by atoms with Crippen LogP contribution in [-0.2, 0) is 27.3 Å². The quantitative estimate of drug-likeness (QED) is 0.358. The second kappa shape index (κ2) is 13.5. The summed E-state index contributed by atoms with van der Waals surface area (Å²) in [6.45, 7) is 4.12. The number of ether oxygens (including phenoxy) is 2. The smallest absolute Gasteiger partial charge is 0.478 e. The molecule has 40 heavy (non-hydrogen) atoms. The molecular weight excluding hydrogens is 531 g/mol. The second-order valence-corrected chi connectivity index (χ2v) is 10.1. The maximum absolute atomic E-state index is 12.9. The predicted octanol–water partition coefficient (Wildman–Crippen LogP) is 3.64. The molecule has 0 bridgehead atoms. The molecule has 1 unspecified atom stereocenters. The summed E-state index contributed by atoms with van der Waals surface area (Å²) in [5, 5.41) is 12.1. The number of rotatable bonds is 12. The van der Waals surface area contributed by atoms with E-state index in [0.29, 0.717) is 30.7 Å². The number of likely N-dealkylation sites (tertiary alicyclic amines) is 1. The van der Waals surface area contributed by atoms with Gasteiger partial charge in [0.05, 0.1) is 0 Å². The molecule has 0 saturated carbocycles. The second-order valence-electron chi connectivity index (χ2n) is 10.1. The van der Waals surface area contributed by atoms with Crippen molar-refractivity contribution >= 4 is 17.8 Å². The Bertz CT molecular complexity index is 1170. The molecule has 0 aliphatic carbocycles. The van der Waals surface area contributed by atoms with Crippen LogP contribution in [-0.4, -0.2) is 58.9 Å². The molecule has 0 aromatic heterocycles. The number of hydrogen-bond donors (Lipinski definition) is 3. The molecule has 1 aliphatic rings. The van der Waals surface area contributed by atoms with Crippen LogP contribution in [0.4, 0.5) is 13.2 Å². The lowest BCUT2D eigenvalue weighted by Crippen LogP contribution is -2.47. The Labute approximate surface area is 230 Å². The maximum atomic E-state index is 12.9. The van der Waals surface area contributed by atoms with Crippen LogP contribution < -0.4 is 20.5 Å². The van der Waals surface area contributed by atoms with Gasteiger partial charge in [0.15, 0.2) is 6.10 Å². The lowest BCUT2D eigenvalue weighted by atomic mass is 10.0. The first-order chi connectivity index (χ1) is 18.8. The lowest BCUT2D eigenvalue weighted by Gasteiger charge is -2.25. The SMILES string of the molecule is CC(C)[C@@H](Oc1ccc(CNC(=O)[C@@H]2CCCN2C(=O)CC(N)Cc2cccc(OC(F)(F)F)c2)cc1)C(=O)O. The molecule has 218 valence electrons. The Morgan fingerprint density at radius 2 is 1.80 bits per heavy atom. The maximum Gasteiger partial charge on any atom is 0.573 e. The number of hydrogen-bond acceptors (Lipinski definition) is 6. The summed E-state index contributed by atoms with van der Waals surface area (Å²) in [4.78, 5) is 38.7. The van der Waals surface area contributed by atoms with E-state index >= 15 is 0 Å². The topological polar surface area (TPSA) is 131 Å². The first-order valence-corrected chi connectivity index (χ1v) is 13.0. The number of nitrogens with zero attached hydrogens (tertiary/aromatic N) is 1. The number of carbonyl (C=O) groups excluding carboxylic acids is 2. The van der Waals surface area contributed by atoms with Crippen molar-refractivity contribution in [1.29, 1.82) is 0 Å². The van der Waals surface area contributed by atoms with Crippen LogP contribution in [0.25, 0.3) is 0 Å². The zero-order valence-corrected chi connectivity index (χ0v) is 22.3. The van der Waals surface area contributed by atoms with E-state index in [9.17, 15) is 32.7 Å². The van der Waals surface area contributed by atoms with E-state index in [1.54, 1.807) is 44.2 Å². The predicted molar refractivity (Wildman–Crippen MR) is 139 cm³/mol. The van der Waals surface area contributed by atoms with Gasteiger partial charge in [-0.25, -0.2) is 4.79 Å². The lowest BCUT2D eigenvalue weighted by molar-refractivity contribution is -0.274. The molecule has 2 aromatic carbocycles. The number of nitrogens with two attached hydrogens (primary N) is 1. The van der Waals surface area contributed by atoms with E-state index in [0.717, 1.165) is 5.56 Å². The highest BCUT2D eigenvalue weighted by Crippen LogP contribution is 2.25. The van der Waals surface area contributed by atoms with Gasteiger partial charge in [0.25, 0.3) is 0 Å². The normalized spacial score (nSPS) is 16.9. The van der Waals surface area contributed by atoms with Crippen LogP contribution in [0.15, 0.2) is 48.5 Å². The van der Waals surface area contributed by atoms with E-state index in [-0.39, 0.29) is 42.9 Å². The van der Waals surface area contributed by atoms with Crippen LogP contribution in [0, 0.1) is 5.92 Å².